The van der Waals surface area contributed by atoms with E-state index in [0.29, 0.717) is 12.3 Å². The largest absolute Gasteiger partial charge is 0.760 e. The Labute approximate surface area is 174 Å². The maximum Gasteiger partial charge on any atom is 0.115 e. The first kappa shape index (κ1) is 25.1. The molecule has 0 saturated carbocycles. The zero-order valence-electron chi connectivity index (χ0n) is 17.7. The van der Waals surface area contributed by atoms with E-state index < -0.39 is 11.3 Å². The van der Waals surface area contributed by atoms with E-state index in [0.717, 1.165) is 19.3 Å². The minimum absolute atomic E-state index is 0.382. The zero-order valence-corrected chi connectivity index (χ0v) is 18.5. The number of aromatic hydroxyl groups is 1. The summed E-state index contributed by atoms with van der Waals surface area (Å²) in [5.74, 6) is 0.382. The van der Waals surface area contributed by atoms with E-state index in [1.54, 1.807) is 6.07 Å². The molecule has 1 atom stereocenters. The van der Waals surface area contributed by atoms with Crippen LogP contribution >= 0.6 is 0 Å². The van der Waals surface area contributed by atoms with Gasteiger partial charge in [-0.2, -0.15) is 0 Å². The summed E-state index contributed by atoms with van der Waals surface area (Å²) < 4.78 is 23.0. The molecule has 2 N–H and O–H groups in total. The average Bonchev–Trinajstić information content (AvgIpc) is 2.66. The lowest BCUT2D eigenvalue weighted by Crippen LogP contribution is -2.17. The molecule has 0 aliphatic rings. The van der Waals surface area contributed by atoms with E-state index in [4.69, 9.17) is 0 Å². The summed E-state index contributed by atoms with van der Waals surface area (Å²) in [5, 5.41) is 9.57. The Hall–Kier alpha value is -0.910. The summed E-state index contributed by atoms with van der Waals surface area (Å²) in [6.45, 7) is 2.69. The fraction of sp³-hybridized carbons (Fsp3) is 0.739. The average molecular weight is 411 g/mol. The number of aryl methyl sites for hydroxylation is 2. The van der Waals surface area contributed by atoms with Crippen LogP contribution in [-0.4, -0.2) is 20.4 Å². The van der Waals surface area contributed by atoms with Gasteiger partial charge in [-0.3, -0.25) is 4.21 Å². The van der Waals surface area contributed by atoms with E-state index in [1.807, 2.05) is 12.1 Å². The Morgan fingerprint density at radius 3 is 1.79 bits per heavy atom. The summed E-state index contributed by atoms with van der Waals surface area (Å²) in [7, 11) is 0. The first-order chi connectivity index (χ1) is 13.6. The highest BCUT2D eigenvalue weighted by molar-refractivity contribution is 7.77. The van der Waals surface area contributed by atoms with Crippen molar-refractivity contribution >= 4 is 11.3 Å². The van der Waals surface area contributed by atoms with Gasteiger partial charge in [0.25, 0.3) is 0 Å². The Kier molecular flexibility index (Phi) is 15.2. The normalized spacial score (nSPS) is 12.4. The zero-order chi connectivity index (χ0) is 20.5. The predicted octanol–water partition coefficient (Wildman–Crippen LogP) is 6.09. The highest BCUT2D eigenvalue weighted by Gasteiger charge is 2.00. The van der Waals surface area contributed by atoms with Gasteiger partial charge in [0.15, 0.2) is 0 Å². The summed E-state index contributed by atoms with van der Waals surface area (Å²) >= 11 is -2.10. The predicted molar refractivity (Wildman–Crippen MR) is 118 cm³/mol. The number of rotatable bonds is 18. The molecule has 0 heterocycles. The van der Waals surface area contributed by atoms with Crippen molar-refractivity contribution in [2.75, 3.05) is 6.54 Å². The van der Waals surface area contributed by atoms with Gasteiger partial charge < -0.3 is 9.66 Å². The Balaban J connectivity index is 1.78. The van der Waals surface area contributed by atoms with Gasteiger partial charge in [-0.1, -0.05) is 83.1 Å². The molecule has 0 aromatic heterocycles. The summed E-state index contributed by atoms with van der Waals surface area (Å²) in [4.78, 5) is 0. The molecule has 0 saturated heterocycles. The van der Waals surface area contributed by atoms with Crippen LogP contribution in [0, 0.1) is 6.92 Å². The molecular weight excluding hydrogens is 370 g/mol. The molecular formula is C23H40NO3S-. The third kappa shape index (κ3) is 14.1. The van der Waals surface area contributed by atoms with Gasteiger partial charge in [0, 0.05) is 17.8 Å². The molecule has 1 aromatic rings. The van der Waals surface area contributed by atoms with Crippen molar-refractivity contribution in [1.29, 1.82) is 0 Å². The number of hydrogen-bond acceptors (Lipinski definition) is 3. The van der Waals surface area contributed by atoms with Gasteiger partial charge in [-0.05, 0) is 49.4 Å². The van der Waals surface area contributed by atoms with Gasteiger partial charge in [0.05, 0.1) is 0 Å². The van der Waals surface area contributed by atoms with Crippen molar-refractivity contribution in [3.05, 3.63) is 29.3 Å². The number of phenolic OH excluding ortho intramolecular Hbond substituents is 1. The standard InChI is InChI=1S/C23H41NO3S/c1-21-17-18-23(25)20-22(21)16-14-12-10-8-6-4-2-3-5-7-9-11-13-15-19-24-28(26)27/h17-18,20,24-25H,2-16,19H2,1H3,(H,26,27)/p-1. The van der Waals surface area contributed by atoms with Crippen molar-refractivity contribution in [2.45, 2.75) is 103 Å². The van der Waals surface area contributed by atoms with Crippen LogP contribution in [0.3, 0.4) is 0 Å². The summed E-state index contributed by atoms with van der Waals surface area (Å²) in [6, 6.07) is 5.68. The molecule has 0 fully saturated rings. The molecule has 0 aliphatic carbocycles. The van der Waals surface area contributed by atoms with Gasteiger partial charge >= 0.3 is 0 Å². The van der Waals surface area contributed by atoms with Gasteiger partial charge in [-0.15, -0.1) is 0 Å². The van der Waals surface area contributed by atoms with Crippen molar-refractivity contribution in [2.24, 2.45) is 0 Å². The van der Waals surface area contributed by atoms with Crippen LogP contribution in [0.15, 0.2) is 18.2 Å². The van der Waals surface area contributed by atoms with E-state index in [9.17, 15) is 13.9 Å². The number of nitrogens with one attached hydrogen (secondary N) is 1. The highest BCUT2D eigenvalue weighted by Crippen LogP contribution is 2.19. The molecule has 162 valence electrons. The quantitative estimate of drug-likeness (QED) is 0.227. The maximum absolute atomic E-state index is 10.3. The first-order valence-corrected chi connectivity index (χ1v) is 12.3. The van der Waals surface area contributed by atoms with Crippen LogP contribution in [0.2, 0.25) is 0 Å². The third-order valence-electron chi connectivity index (χ3n) is 5.43. The van der Waals surface area contributed by atoms with Crippen LogP contribution in [0.25, 0.3) is 0 Å². The second-order valence-corrected chi connectivity index (χ2v) is 8.70. The highest BCUT2D eigenvalue weighted by atomic mass is 32.2. The van der Waals surface area contributed by atoms with Crippen LogP contribution in [0.1, 0.15) is 101 Å². The Bertz CT molecular complexity index is 537. The topological polar surface area (TPSA) is 72.4 Å². The van der Waals surface area contributed by atoms with Crippen LogP contribution < -0.4 is 4.72 Å². The van der Waals surface area contributed by atoms with E-state index >= 15 is 0 Å². The minimum atomic E-state index is -2.10. The molecule has 28 heavy (non-hydrogen) atoms. The molecule has 1 unspecified atom stereocenters. The molecule has 1 aromatic carbocycles. The first-order valence-electron chi connectivity index (χ1n) is 11.2. The second-order valence-electron chi connectivity index (χ2n) is 7.94. The van der Waals surface area contributed by atoms with Gasteiger partial charge in [0.2, 0.25) is 0 Å². The molecule has 0 aliphatic heterocycles. The fourth-order valence-electron chi connectivity index (χ4n) is 3.64. The number of phenols is 1. The molecule has 0 spiro atoms. The fourth-order valence-corrected chi connectivity index (χ4v) is 3.96. The summed E-state index contributed by atoms with van der Waals surface area (Å²) in [5.41, 5.74) is 2.57. The lowest BCUT2D eigenvalue weighted by molar-refractivity contribution is 0.474. The lowest BCUT2D eigenvalue weighted by Gasteiger charge is -2.07. The van der Waals surface area contributed by atoms with Gasteiger partial charge in [0.1, 0.15) is 5.75 Å². The second kappa shape index (κ2) is 17.0. The maximum atomic E-state index is 10.3. The van der Waals surface area contributed by atoms with Gasteiger partial charge in [-0.25, -0.2) is 4.72 Å². The van der Waals surface area contributed by atoms with Crippen molar-refractivity contribution in [3.8, 4) is 5.75 Å². The van der Waals surface area contributed by atoms with E-state index in [2.05, 4.69) is 11.6 Å². The lowest BCUT2D eigenvalue weighted by atomic mass is 10.0. The Morgan fingerprint density at radius 1 is 0.821 bits per heavy atom. The van der Waals surface area contributed by atoms with Crippen LogP contribution in [0.5, 0.6) is 5.75 Å². The Morgan fingerprint density at radius 2 is 1.29 bits per heavy atom. The van der Waals surface area contributed by atoms with Crippen LogP contribution in [0.4, 0.5) is 0 Å². The summed E-state index contributed by atoms with van der Waals surface area (Å²) in [6.07, 6.45) is 18.9. The van der Waals surface area contributed by atoms with Crippen molar-refractivity contribution < 1.29 is 13.9 Å². The third-order valence-corrected chi connectivity index (χ3v) is 5.87. The molecule has 0 amide bonds. The van der Waals surface area contributed by atoms with Crippen molar-refractivity contribution in [3.63, 3.8) is 0 Å². The molecule has 5 heteroatoms. The molecule has 1 rings (SSSR count). The number of hydrogen-bond donors (Lipinski definition) is 2. The number of benzene rings is 1. The van der Waals surface area contributed by atoms with Crippen LogP contribution in [-0.2, 0) is 17.7 Å². The van der Waals surface area contributed by atoms with Crippen molar-refractivity contribution in [1.82, 2.24) is 4.72 Å². The van der Waals surface area contributed by atoms with E-state index in [1.165, 1.54) is 88.2 Å². The number of unbranched alkanes of at least 4 members (excludes halogenated alkanes) is 13. The molecule has 4 nitrogen and oxygen atoms in total. The van der Waals surface area contributed by atoms with E-state index in [-0.39, 0.29) is 0 Å². The molecule has 0 bridgehead atoms. The monoisotopic (exact) mass is 410 g/mol. The smallest absolute Gasteiger partial charge is 0.115 e. The minimum Gasteiger partial charge on any atom is -0.760 e. The molecule has 0 radical (unpaired) electrons. The SMILES string of the molecule is Cc1ccc(O)cc1CCCCCCCCCCCCCCCCNS(=O)[O-].